The normalized spacial score (nSPS) is 15.0. The topological polar surface area (TPSA) is 35.2 Å². The summed E-state index contributed by atoms with van der Waals surface area (Å²) in [6, 6.07) is 7.93. The fraction of sp³-hybridized carbons (Fsp3) is 0.462. The molecule has 1 aliphatic rings. The van der Waals surface area contributed by atoms with Gasteiger partial charge in [-0.2, -0.15) is 0 Å². The Balaban J connectivity index is 1.78. The summed E-state index contributed by atoms with van der Waals surface area (Å²) in [5.74, 6) is 0.933. The van der Waals surface area contributed by atoms with Crippen LogP contribution in [0.15, 0.2) is 24.3 Å². The van der Waals surface area contributed by atoms with E-state index in [0.29, 0.717) is 11.6 Å². The van der Waals surface area contributed by atoms with E-state index in [1.54, 1.807) is 0 Å². The lowest BCUT2D eigenvalue weighted by atomic mass is 10.1. The zero-order valence-electron chi connectivity index (χ0n) is 9.32. The molecule has 1 aliphatic carbocycles. The highest BCUT2D eigenvalue weighted by Gasteiger charge is 2.20. The number of ether oxygens (including phenoxy) is 1. The smallest absolute Gasteiger partial charge is 0.103 e. The van der Waals surface area contributed by atoms with Gasteiger partial charge in [0.2, 0.25) is 0 Å². The fourth-order valence-corrected chi connectivity index (χ4v) is 1.79. The van der Waals surface area contributed by atoms with E-state index in [9.17, 15) is 0 Å². The molecule has 2 rings (SSSR count). The standard InChI is InChI=1S/C13H17NOS/c14-13(16)12-3-1-2-11(8-12)9-15-7-6-10-4-5-10/h1-3,8,10H,4-7,9H2,(H2,14,16). The Morgan fingerprint density at radius 3 is 2.94 bits per heavy atom. The second-order valence-electron chi connectivity index (χ2n) is 4.35. The molecule has 0 bridgehead atoms. The lowest BCUT2D eigenvalue weighted by Crippen LogP contribution is -2.09. The number of benzene rings is 1. The van der Waals surface area contributed by atoms with Crippen molar-refractivity contribution in [1.82, 2.24) is 0 Å². The van der Waals surface area contributed by atoms with E-state index < -0.39 is 0 Å². The third-order valence-corrected chi connectivity index (χ3v) is 3.08. The van der Waals surface area contributed by atoms with E-state index in [4.69, 9.17) is 22.7 Å². The van der Waals surface area contributed by atoms with Gasteiger partial charge in [-0.1, -0.05) is 43.3 Å². The third kappa shape index (κ3) is 3.58. The van der Waals surface area contributed by atoms with Crippen molar-refractivity contribution in [1.29, 1.82) is 0 Å². The SMILES string of the molecule is NC(=S)c1cccc(COCCC2CC2)c1. The van der Waals surface area contributed by atoms with Crippen molar-refractivity contribution < 1.29 is 4.74 Å². The number of hydrogen-bond donors (Lipinski definition) is 1. The maximum atomic E-state index is 5.62. The van der Waals surface area contributed by atoms with Gasteiger partial charge in [0.25, 0.3) is 0 Å². The van der Waals surface area contributed by atoms with Gasteiger partial charge in [-0.15, -0.1) is 0 Å². The van der Waals surface area contributed by atoms with Crippen LogP contribution in [0.3, 0.4) is 0 Å². The molecule has 0 heterocycles. The quantitative estimate of drug-likeness (QED) is 0.608. The maximum absolute atomic E-state index is 5.62. The lowest BCUT2D eigenvalue weighted by molar-refractivity contribution is 0.115. The predicted molar refractivity (Wildman–Crippen MR) is 69.3 cm³/mol. The molecule has 1 aromatic carbocycles. The number of nitrogens with two attached hydrogens (primary N) is 1. The molecule has 2 nitrogen and oxygen atoms in total. The van der Waals surface area contributed by atoms with E-state index in [2.05, 4.69) is 0 Å². The van der Waals surface area contributed by atoms with Gasteiger partial charge >= 0.3 is 0 Å². The number of hydrogen-bond acceptors (Lipinski definition) is 2. The minimum Gasteiger partial charge on any atom is -0.389 e. The summed E-state index contributed by atoms with van der Waals surface area (Å²) < 4.78 is 5.62. The molecular weight excluding hydrogens is 218 g/mol. The van der Waals surface area contributed by atoms with E-state index in [0.717, 1.165) is 23.7 Å². The summed E-state index contributed by atoms with van der Waals surface area (Å²) in [6.07, 6.45) is 3.98. The fourth-order valence-electron chi connectivity index (χ4n) is 1.66. The van der Waals surface area contributed by atoms with Crippen molar-refractivity contribution in [3.05, 3.63) is 35.4 Å². The van der Waals surface area contributed by atoms with Crippen LogP contribution in [-0.4, -0.2) is 11.6 Å². The third-order valence-electron chi connectivity index (χ3n) is 2.85. The van der Waals surface area contributed by atoms with Gasteiger partial charge in [-0.25, -0.2) is 0 Å². The Morgan fingerprint density at radius 1 is 1.44 bits per heavy atom. The minimum absolute atomic E-state index is 0.444. The average Bonchev–Trinajstić information content (AvgIpc) is 3.09. The first-order chi connectivity index (χ1) is 7.75. The highest BCUT2D eigenvalue weighted by molar-refractivity contribution is 7.80. The Hall–Kier alpha value is -0.930. The van der Waals surface area contributed by atoms with Gasteiger partial charge < -0.3 is 10.5 Å². The van der Waals surface area contributed by atoms with Crippen molar-refractivity contribution in [2.75, 3.05) is 6.61 Å². The van der Waals surface area contributed by atoms with Crippen LogP contribution in [0.25, 0.3) is 0 Å². The molecular formula is C13H17NOS. The second-order valence-corrected chi connectivity index (χ2v) is 4.79. The lowest BCUT2D eigenvalue weighted by Gasteiger charge is -2.05. The molecule has 0 spiro atoms. The average molecular weight is 235 g/mol. The molecule has 0 unspecified atom stereocenters. The van der Waals surface area contributed by atoms with E-state index in [-0.39, 0.29) is 0 Å². The van der Waals surface area contributed by atoms with Crippen molar-refractivity contribution in [3.8, 4) is 0 Å². The van der Waals surface area contributed by atoms with Crippen LogP contribution in [0.4, 0.5) is 0 Å². The predicted octanol–water partition coefficient (Wildman–Crippen LogP) is 2.64. The van der Waals surface area contributed by atoms with Gasteiger partial charge in [0.05, 0.1) is 6.61 Å². The summed E-state index contributed by atoms with van der Waals surface area (Å²) in [6.45, 7) is 1.52. The first-order valence-electron chi connectivity index (χ1n) is 5.72. The summed E-state index contributed by atoms with van der Waals surface area (Å²) in [7, 11) is 0. The van der Waals surface area contributed by atoms with Crippen molar-refractivity contribution in [3.63, 3.8) is 0 Å². The summed E-state index contributed by atoms with van der Waals surface area (Å²) in [5.41, 5.74) is 7.63. The van der Waals surface area contributed by atoms with Gasteiger partial charge in [0, 0.05) is 12.2 Å². The molecule has 0 atom stereocenters. The van der Waals surface area contributed by atoms with Crippen LogP contribution in [0.2, 0.25) is 0 Å². The number of rotatable bonds is 6. The Kier molecular flexibility index (Phi) is 3.91. The first-order valence-corrected chi connectivity index (χ1v) is 6.13. The second kappa shape index (κ2) is 5.41. The van der Waals surface area contributed by atoms with Crippen molar-refractivity contribution >= 4 is 17.2 Å². The molecule has 1 saturated carbocycles. The van der Waals surface area contributed by atoms with Crippen LogP contribution in [0.1, 0.15) is 30.4 Å². The molecule has 86 valence electrons. The minimum atomic E-state index is 0.444. The van der Waals surface area contributed by atoms with E-state index in [1.165, 1.54) is 19.3 Å². The van der Waals surface area contributed by atoms with Gasteiger partial charge in [0.1, 0.15) is 4.99 Å². The highest BCUT2D eigenvalue weighted by atomic mass is 32.1. The molecule has 2 N–H and O–H groups in total. The molecule has 1 fully saturated rings. The van der Waals surface area contributed by atoms with Crippen LogP contribution >= 0.6 is 12.2 Å². The van der Waals surface area contributed by atoms with Gasteiger partial charge in [-0.05, 0) is 24.0 Å². The Bertz CT molecular complexity index is 374. The molecule has 0 aliphatic heterocycles. The summed E-state index contributed by atoms with van der Waals surface area (Å²) in [4.78, 5) is 0.444. The van der Waals surface area contributed by atoms with E-state index in [1.807, 2.05) is 24.3 Å². The molecule has 16 heavy (non-hydrogen) atoms. The summed E-state index contributed by atoms with van der Waals surface area (Å²) in [5, 5.41) is 0. The molecule has 0 amide bonds. The molecule has 0 aromatic heterocycles. The van der Waals surface area contributed by atoms with Gasteiger partial charge in [-0.3, -0.25) is 0 Å². The molecule has 0 saturated heterocycles. The van der Waals surface area contributed by atoms with Gasteiger partial charge in [0.15, 0.2) is 0 Å². The van der Waals surface area contributed by atoms with E-state index >= 15 is 0 Å². The van der Waals surface area contributed by atoms with Crippen LogP contribution in [0.5, 0.6) is 0 Å². The monoisotopic (exact) mass is 235 g/mol. The van der Waals surface area contributed by atoms with Crippen LogP contribution < -0.4 is 5.73 Å². The highest BCUT2D eigenvalue weighted by Crippen LogP contribution is 2.32. The zero-order chi connectivity index (χ0) is 11.4. The molecule has 0 radical (unpaired) electrons. The summed E-state index contributed by atoms with van der Waals surface area (Å²) >= 11 is 4.94. The number of thiocarbonyl (C=S) groups is 1. The van der Waals surface area contributed by atoms with Crippen molar-refractivity contribution in [2.24, 2.45) is 11.7 Å². The van der Waals surface area contributed by atoms with Crippen LogP contribution in [-0.2, 0) is 11.3 Å². The first kappa shape index (κ1) is 11.6. The molecule has 1 aromatic rings. The molecule has 3 heteroatoms. The Labute approximate surface area is 102 Å². The van der Waals surface area contributed by atoms with Crippen LogP contribution in [0, 0.1) is 5.92 Å². The zero-order valence-corrected chi connectivity index (χ0v) is 10.1. The maximum Gasteiger partial charge on any atom is 0.103 e. The van der Waals surface area contributed by atoms with Crippen molar-refractivity contribution in [2.45, 2.75) is 25.9 Å². The Morgan fingerprint density at radius 2 is 2.25 bits per heavy atom. The largest absolute Gasteiger partial charge is 0.389 e.